The third-order valence-electron chi connectivity index (χ3n) is 3.21. The molecule has 0 aliphatic carbocycles. The minimum atomic E-state index is -0.713. The van der Waals surface area contributed by atoms with Crippen LogP contribution in [0.4, 0.5) is 0 Å². The van der Waals surface area contributed by atoms with E-state index in [2.05, 4.69) is 47.1 Å². The molecule has 0 atom stereocenters. The summed E-state index contributed by atoms with van der Waals surface area (Å²) < 4.78 is 0. The molecule has 84 valence electrons. The predicted molar refractivity (Wildman–Crippen MR) is 75.7 cm³/mol. The highest BCUT2D eigenvalue weighted by Gasteiger charge is 2.25. The van der Waals surface area contributed by atoms with Crippen molar-refractivity contribution in [3.05, 3.63) is 11.1 Å². The molecule has 0 rings (SSSR count). The molecule has 0 spiro atoms. The molecule has 0 nitrogen and oxygen atoms in total. The molecule has 0 heterocycles. The zero-order chi connectivity index (χ0) is 11.2. The van der Waals surface area contributed by atoms with Crippen molar-refractivity contribution < 1.29 is 0 Å². The van der Waals surface area contributed by atoms with Gasteiger partial charge in [0.2, 0.25) is 0 Å². The van der Waals surface area contributed by atoms with E-state index >= 15 is 0 Å². The lowest BCUT2D eigenvalue weighted by Crippen LogP contribution is -1.95. The zero-order valence-corrected chi connectivity index (χ0v) is 12.6. The maximum Gasteiger partial charge on any atom is 0.0618 e. The lowest BCUT2D eigenvalue weighted by molar-refractivity contribution is 1.37. The molecule has 0 saturated carbocycles. The Kier molecular flexibility index (Phi) is 7.27. The third kappa shape index (κ3) is 4.41. The van der Waals surface area contributed by atoms with Gasteiger partial charge >= 0.3 is 0 Å². The Morgan fingerprint density at radius 2 is 1.50 bits per heavy atom. The van der Waals surface area contributed by atoms with Gasteiger partial charge in [0.15, 0.2) is 0 Å². The van der Waals surface area contributed by atoms with E-state index in [0.717, 1.165) is 0 Å². The van der Waals surface area contributed by atoms with Gasteiger partial charge in [0.25, 0.3) is 0 Å². The normalized spacial score (nSPS) is 13.8. The van der Waals surface area contributed by atoms with E-state index in [1.807, 2.05) is 0 Å². The van der Waals surface area contributed by atoms with Crippen molar-refractivity contribution in [2.24, 2.45) is 0 Å². The van der Waals surface area contributed by atoms with Crippen LogP contribution in [0.3, 0.4) is 0 Å². The summed E-state index contributed by atoms with van der Waals surface area (Å²) in [5.74, 6) is 2.66. The quantitative estimate of drug-likeness (QED) is 0.563. The van der Waals surface area contributed by atoms with Crippen molar-refractivity contribution in [2.45, 2.75) is 34.6 Å². The Morgan fingerprint density at radius 1 is 1.07 bits per heavy atom. The van der Waals surface area contributed by atoms with Crippen LogP contribution in [0.25, 0.3) is 0 Å². The highest BCUT2D eigenvalue weighted by Crippen LogP contribution is 2.60. The summed E-state index contributed by atoms with van der Waals surface area (Å²) in [5.41, 5.74) is 0. The molecule has 0 unspecified atom stereocenters. The van der Waals surface area contributed by atoms with Gasteiger partial charge in [0, 0.05) is 7.26 Å². The van der Waals surface area contributed by atoms with E-state index < -0.39 is 7.26 Å². The van der Waals surface area contributed by atoms with Crippen LogP contribution < -0.4 is 0 Å². The van der Waals surface area contributed by atoms with Crippen LogP contribution >= 0.6 is 15.2 Å². The highest BCUT2D eigenvalue weighted by molar-refractivity contribution is 7.78. The Balaban J connectivity index is 4.61. The standard InChI is InChI=1S/C12H27P2/c1-7-13(8-2)12(5)11-14(6,9-3)10-4/h11H,7-10H2,1-6H3/q+1/b12-11+. The molecule has 0 saturated heterocycles. The molecule has 0 aliphatic heterocycles. The number of rotatable bonds is 6. The van der Waals surface area contributed by atoms with Crippen LogP contribution in [-0.4, -0.2) is 31.3 Å². The molecular weight excluding hydrogens is 206 g/mol. The number of allylic oxidation sites excluding steroid dienone is 1. The first kappa shape index (κ1) is 14.6. The Hall–Kier alpha value is 0.600. The molecule has 0 fully saturated rings. The predicted octanol–water partition coefficient (Wildman–Crippen LogP) is 5.06. The third-order valence-corrected chi connectivity index (χ3v) is 9.96. The van der Waals surface area contributed by atoms with Crippen LogP contribution in [0.2, 0.25) is 0 Å². The van der Waals surface area contributed by atoms with Gasteiger partial charge in [-0.2, -0.15) is 0 Å². The monoisotopic (exact) mass is 233 g/mol. The van der Waals surface area contributed by atoms with Gasteiger partial charge in [-0.25, -0.2) is 0 Å². The molecule has 0 radical (unpaired) electrons. The minimum absolute atomic E-state index is 0.196. The second-order valence-corrected chi connectivity index (χ2v) is 11.6. The number of hydrogen-bond acceptors (Lipinski definition) is 0. The summed E-state index contributed by atoms with van der Waals surface area (Å²) in [6.45, 7) is 14.2. The van der Waals surface area contributed by atoms with E-state index in [-0.39, 0.29) is 7.92 Å². The summed E-state index contributed by atoms with van der Waals surface area (Å²) >= 11 is 0. The van der Waals surface area contributed by atoms with Crippen molar-refractivity contribution in [1.29, 1.82) is 0 Å². The first-order valence-electron chi connectivity index (χ1n) is 5.81. The average molecular weight is 233 g/mol. The molecule has 0 aromatic rings. The molecule has 0 aromatic carbocycles. The molecule has 0 bridgehead atoms. The summed E-state index contributed by atoms with van der Waals surface area (Å²) in [7, 11) is -0.518. The smallest absolute Gasteiger partial charge is 0.0618 e. The van der Waals surface area contributed by atoms with E-state index in [1.54, 1.807) is 5.31 Å². The molecule has 0 aromatic heterocycles. The van der Waals surface area contributed by atoms with Crippen molar-refractivity contribution in [2.75, 3.05) is 31.3 Å². The van der Waals surface area contributed by atoms with Crippen LogP contribution in [0, 0.1) is 0 Å². The van der Waals surface area contributed by atoms with Gasteiger partial charge in [-0.05, 0) is 38.4 Å². The van der Waals surface area contributed by atoms with Gasteiger partial charge < -0.3 is 0 Å². The first-order valence-corrected chi connectivity index (χ1v) is 10.2. The molecule has 0 amide bonds. The average Bonchev–Trinajstić information content (AvgIpc) is 2.19. The van der Waals surface area contributed by atoms with Gasteiger partial charge in [-0.15, -0.1) is 0 Å². The lowest BCUT2D eigenvalue weighted by Gasteiger charge is -2.19. The number of hydrogen-bond donors (Lipinski definition) is 0. The molecule has 0 aliphatic rings. The van der Waals surface area contributed by atoms with Crippen LogP contribution in [0.1, 0.15) is 34.6 Å². The van der Waals surface area contributed by atoms with E-state index in [0.29, 0.717) is 0 Å². The summed E-state index contributed by atoms with van der Waals surface area (Å²) in [4.78, 5) is 0. The van der Waals surface area contributed by atoms with E-state index in [1.165, 1.54) is 24.6 Å². The van der Waals surface area contributed by atoms with Gasteiger partial charge in [-0.3, -0.25) is 0 Å². The fraction of sp³-hybridized carbons (Fsp3) is 0.833. The highest BCUT2D eigenvalue weighted by atomic mass is 31.2. The maximum absolute atomic E-state index is 2.66. The fourth-order valence-electron chi connectivity index (χ4n) is 1.66. The van der Waals surface area contributed by atoms with Crippen LogP contribution in [-0.2, 0) is 0 Å². The van der Waals surface area contributed by atoms with Crippen LogP contribution in [0.15, 0.2) is 11.1 Å². The lowest BCUT2D eigenvalue weighted by atomic mass is 10.7. The molecule has 2 heteroatoms. The Bertz CT molecular complexity index is 177. The molecule has 14 heavy (non-hydrogen) atoms. The van der Waals surface area contributed by atoms with E-state index in [4.69, 9.17) is 0 Å². The largest absolute Gasteiger partial charge is 0.0770 e. The zero-order valence-electron chi connectivity index (χ0n) is 10.8. The topological polar surface area (TPSA) is 0 Å². The second-order valence-electron chi connectivity index (χ2n) is 4.05. The van der Waals surface area contributed by atoms with Gasteiger partial charge in [0.05, 0.1) is 24.8 Å². The second kappa shape index (κ2) is 6.97. The minimum Gasteiger partial charge on any atom is -0.0770 e. The maximum atomic E-state index is 2.66. The summed E-state index contributed by atoms with van der Waals surface area (Å²) in [5, 5.41) is 1.71. The van der Waals surface area contributed by atoms with Gasteiger partial charge in [-0.1, -0.05) is 21.8 Å². The van der Waals surface area contributed by atoms with Crippen molar-refractivity contribution in [1.82, 2.24) is 0 Å². The van der Waals surface area contributed by atoms with E-state index in [9.17, 15) is 0 Å². The Morgan fingerprint density at radius 3 is 1.79 bits per heavy atom. The summed E-state index contributed by atoms with van der Waals surface area (Å²) in [6.07, 6.45) is 5.47. The van der Waals surface area contributed by atoms with Crippen molar-refractivity contribution in [3.8, 4) is 0 Å². The summed E-state index contributed by atoms with van der Waals surface area (Å²) in [6, 6.07) is 0. The van der Waals surface area contributed by atoms with Crippen molar-refractivity contribution >= 4 is 15.2 Å². The molecular formula is C12H27P2+. The SMILES string of the molecule is CCP(CC)/C(C)=C/[P+](C)(CC)CC. The van der Waals surface area contributed by atoms with Gasteiger partial charge in [0.1, 0.15) is 0 Å². The molecule has 0 N–H and O–H groups in total. The van der Waals surface area contributed by atoms with Crippen molar-refractivity contribution in [3.63, 3.8) is 0 Å². The fourth-order valence-corrected chi connectivity index (χ4v) is 6.31. The van der Waals surface area contributed by atoms with Crippen LogP contribution in [0.5, 0.6) is 0 Å². The first-order chi connectivity index (χ1) is 6.52. The Labute approximate surface area is 92.6 Å².